The van der Waals surface area contributed by atoms with Gasteiger partial charge in [0.05, 0.1) is 20.3 Å². The van der Waals surface area contributed by atoms with E-state index in [1.165, 1.54) is 7.11 Å². The molecule has 9 heteroatoms. The first kappa shape index (κ1) is 35.0. The summed E-state index contributed by atoms with van der Waals surface area (Å²) in [6, 6.07) is 7.18. The second kappa shape index (κ2) is 27.4. The number of carboxylic acid groups (broad SMARTS) is 1. The van der Waals surface area contributed by atoms with Gasteiger partial charge in [-0.25, -0.2) is 9.78 Å². The van der Waals surface area contributed by atoms with Crippen LogP contribution in [0, 0.1) is 0 Å². The first-order valence-corrected chi connectivity index (χ1v) is 13.4. The van der Waals surface area contributed by atoms with Crippen molar-refractivity contribution in [3.8, 4) is 0 Å². The predicted octanol–water partition coefficient (Wildman–Crippen LogP) is 3.63. The molecular weight excluding hydrogens is 434 g/mol. The molecule has 0 amide bonds. The summed E-state index contributed by atoms with van der Waals surface area (Å²) in [5.41, 5.74) is 7.78. The lowest BCUT2D eigenvalue weighted by Gasteiger charge is -2.12. The van der Waals surface area contributed by atoms with E-state index in [-0.39, 0.29) is 18.7 Å². The molecule has 184 valence electrons. The van der Waals surface area contributed by atoms with Gasteiger partial charge in [-0.15, -0.1) is 17.8 Å². The molecule has 1 rings (SSSR count). The number of nitrogens with one attached hydrogen (secondary N) is 1. The number of nitrogens with two attached hydrogens (primary N) is 1. The smallest absolute Gasteiger partial charge is 0.320 e. The molecule has 0 aliphatic heterocycles. The van der Waals surface area contributed by atoms with Crippen LogP contribution in [0.5, 0.6) is 0 Å². The number of aliphatic hydroxyl groups is 1. The standard InChI is InChI=1S/C11H17NO3.C7H17NO2P2.2C2H6/c1-14-15-8-11(12)6-9-4-2-3-5-10(9)7-13;1-12-4-2-3-6(7(9)10)8-5-11;2*1-2/h2-5,11,13H,6-8,12H2,1H3;6,8,12H,2-5,11H2,1H3,(H,9,10);2*1-2H3. The average molecular weight is 481 g/mol. The summed E-state index contributed by atoms with van der Waals surface area (Å²) >= 11 is 0. The van der Waals surface area contributed by atoms with Crippen LogP contribution in [-0.4, -0.2) is 61.1 Å². The topological polar surface area (TPSA) is 114 Å². The first-order valence-electron chi connectivity index (χ1n) is 10.9. The summed E-state index contributed by atoms with van der Waals surface area (Å²) in [6.45, 7) is 10.5. The maximum absolute atomic E-state index is 10.6. The van der Waals surface area contributed by atoms with Crippen LogP contribution in [0.3, 0.4) is 0 Å². The molecule has 31 heavy (non-hydrogen) atoms. The molecule has 0 aromatic heterocycles. The zero-order valence-corrected chi connectivity index (χ0v) is 22.3. The average Bonchev–Trinajstić information content (AvgIpc) is 2.80. The molecule has 1 aromatic rings. The molecule has 4 atom stereocenters. The van der Waals surface area contributed by atoms with Gasteiger partial charge in [0, 0.05) is 12.3 Å². The van der Waals surface area contributed by atoms with Gasteiger partial charge in [-0.2, -0.15) is 0 Å². The summed E-state index contributed by atoms with van der Waals surface area (Å²) in [6.07, 6.45) is 4.20. The third-order valence-electron chi connectivity index (χ3n) is 3.75. The van der Waals surface area contributed by atoms with Crippen molar-refractivity contribution in [3.63, 3.8) is 0 Å². The lowest BCUT2D eigenvalue weighted by Crippen LogP contribution is -2.35. The third kappa shape index (κ3) is 21.0. The largest absolute Gasteiger partial charge is 0.480 e. The molecule has 0 fully saturated rings. The van der Waals surface area contributed by atoms with Gasteiger partial charge in [0.1, 0.15) is 6.04 Å². The normalized spacial score (nSPS) is 11.9. The molecule has 5 N–H and O–H groups in total. The van der Waals surface area contributed by atoms with E-state index >= 15 is 0 Å². The van der Waals surface area contributed by atoms with Crippen molar-refractivity contribution in [2.75, 3.05) is 32.8 Å². The van der Waals surface area contributed by atoms with Gasteiger partial charge in [0.25, 0.3) is 0 Å². The highest BCUT2D eigenvalue weighted by atomic mass is 31.1. The summed E-state index contributed by atoms with van der Waals surface area (Å²) in [4.78, 5) is 19.8. The van der Waals surface area contributed by atoms with Crippen LogP contribution in [0.15, 0.2) is 24.3 Å². The number of aliphatic carboxylic acids is 1. The van der Waals surface area contributed by atoms with Crippen molar-refractivity contribution >= 4 is 23.8 Å². The Hall–Kier alpha value is -0.650. The Kier molecular flexibility index (Phi) is 30.9. The summed E-state index contributed by atoms with van der Waals surface area (Å²) in [7, 11) is 4.85. The number of hydrogen-bond acceptors (Lipinski definition) is 6. The maximum atomic E-state index is 10.6. The molecule has 0 spiro atoms. The minimum Gasteiger partial charge on any atom is -0.480 e. The van der Waals surface area contributed by atoms with E-state index in [9.17, 15) is 4.79 Å². The van der Waals surface area contributed by atoms with E-state index in [4.69, 9.17) is 20.8 Å². The Morgan fingerprint density at radius 3 is 2.26 bits per heavy atom. The minimum absolute atomic E-state index is 0.0357. The van der Waals surface area contributed by atoms with Gasteiger partial charge >= 0.3 is 5.97 Å². The first-order chi connectivity index (χ1) is 15.0. The molecule has 0 saturated carbocycles. The van der Waals surface area contributed by atoms with Gasteiger partial charge in [-0.3, -0.25) is 4.79 Å². The van der Waals surface area contributed by atoms with Crippen LogP contribution < -0.4 is 11.1 Å². The molecular formula is C22H46N2O5P2. The zero-order valence-electron chi connectivity index (χ0n) is 20.2. The van der Waals surface area contributed by atoms with Crippen LogP contribution in [-0.2, 0) is 27.6 Å². The summed E-state index contributed by atoms with van der Waals surface area (Å²) in [5.74, 6) is -0.739. The van der Waals surface area contributed by atoms with Crippen molar-refractivity contribution in [3.05, 3.63) is 35.4 Å². The fourth-order valence-corrected chi connectivity index (χ4v) is 3.19. The van der Waals surface area contributed by atoms with Crippen molar-refractivity contribution in [1.82, 2.24) is 5.32 Å². The number of hydrogen-bond donors (Lipinski definition) is 4. The van der Waals surface area contributed by atoms with Crippen molar-refractivity contribution in [1.29, 1.82) is 0 Å². The highest BCUT2D eigenvalue weighted by Gasteiger charge is 2.14. The zero-order chi connectivity index (χ0) is 24.5. The van der Waals surface area contributed by atoms with Gasteiger partial charge in [0.15, 0.2) is 0 Å². The van der Waals surface area contributed by atoms with Gasteiger partial charge in [-0.05, 0) is 43.2 Å². The Labute approximate surface area is 193 Å². The fraction of sp³-hybridized carbons (Fsp3) is 0.682. The summed E-state index contributed by atoms with van der Waals surface area (Å²) in [5, 5.41) is 20.8. The molecule has 1 aromatic carbocycles. The number of carbonyl (C=O) groups is 1. The van der Waals surface area contributed by atoms with Crippen LogP contribution >= 0.6 is 17.8 Å². The lowest BCUT2D eigenvalue weighted by molar-refractivity contribution is -0.274. The number of aliphatic hydroxyl groups excluding tert-OH is 1. The molecule has 0 aliphatic rings. The monoisotopic (exact) mass is 480 g/mol. The Morgan fingerprint density at radius 1 is 1.23 bits per heavy atom. The molecule has 4 unspecified atom stereocenters. The van der Waals surface area contributed by atoms with E-state index in [2.05, 4.69) is 26.1 Å². The van der Waals surface area contributed by atoms with E-state index in [0.717, 1.165) is 38.7 Å². The second-order valence-corrected chi connectivity index (χ2v) is 7.50. The molecule has 0 bridgehead atoms. The second-order valence-electron chi connectivity index (χ2n) is 5.89. The van der Waals surface area contributed by atoms with Crippen molar-refractivity contribution in [2.24, 2.45) is 5.73 Å². The Bertz CT molecular complexity index is 511. The van der Waals surface area contributed by atoms with Crippen molar-refractivity contribution in [2.45, 2.75) is 65.6 Å². The Morgan fingerprint density at radius 2 is 1.81 bits per heavy atom. The molecule has 7 nitrogen and oxygen atoms in total. The van der Waals surface area contributed by atoms with Crippen LogP contribution in [0.4, 0.5) is 0 Å². The highest BCUT2D eigenvalue weighted by molar-refractivity contribution is 7.36. The summed E-state index contributed by atoms with van der Waals surface area (Å²) < 4.78 is 0. The van der Waals surface area contributed by atoms with Gasteiger partial charge in [-0.1, -0.05) is 52.0 Å². The number of benzene rings is 1. The SMILES string of the molecule is CC.CC.COOCC(N)Cc1ccccc1CO.CPCCCC(NCP)C(=O)O. The maximum Gasteiger partial charge on any atom is 0.320 e. The molecule has 0 heterocycles. The molecule has 0 aliphatic carbocycles. The number of rotatable bonds is 13. The number of carboxylic acids is 1. The fourth-order valence-electron chi connectivity index (χ4n) is 2.35. The molecule has 0 radical (unpaired) electrons. The van der Waals surface area contributed by atoms with E-state index in [0.29, 0.717) is 19.3 Å². The van der Waals surface area contributed by atoms with Crippen molar-refractivity contribution < 1.29 is 24.8 Å². The quantitative estimate of drug-likeness (QED) is 0.148. The predicted molar refractivity (Wildman–Crippen MR) is 137 cm³/mol. The Balaban J connectivity index is -0.000000444. The lowest BCUT2D eigenvalue weighted by atomic mass is 10.0. The van der Waals surface area contributed by atoms with Crippen LogP contribution in [0.25, 0.3) is 0 Å². The molecule has 0 saturated heterocycles. The third-order valence-corrected chi connectivity index (χ3v) is 4.84. The van der Waals surface area contributed by atoms with Crippen LogP contribution in [0.1, 0.15) is 51.7 Å². The minimum atomic E-state index is -0.739. The highest BCUT2D eigenvalue weighted by Crippen LogP contribution is 2.11. The van der Waals surface area contributed by atoms with E-state index in [1.807, 2.05) is 52.0 Å². The van der Waals surface area contributed by atoms with E-state index in [1.54, 1.807) is 0 Å². The van der Waals surface area contributed by atoms with Crippen LogP contribution in [0.2, 0.25) is 0 Å². The van der Waals surface area contributed by atoms with Gasteiger partial charge < -0.3 is 21.3 Å². The van der Waals surface area contributed by atoms with E-state index < -0.39 is 5.97 Å². The van der Waals surface area contributed by atoms with Gasteiger partial charge in [0.2, 0.25) is 0 Å².